The summed E-state index contributed by atoms with van der Waals surface area (Å²) in [6, 6.07) is 1.70. The number of anilines is 1. The number of nitrogens with two attached hydrogens (primary N) is 1. The molecule has 0 aliphatic heterocycles. The van der Waals surface area contributed by atoms with Gasteiger partial charge in [-0.3, -0.25) is 9.48 Å². The van der Waals surface area contributed by atoms with Crippen LogP contribution in [0.15, 0.2) is 23.4 Å². The first-order valence-corrected chi connectivity index (χ1v) is 12.6. The molecule has 6 rings (SSSR count). The van der Waals surface area contributed by atoms with E-state index in [1.54, 1.807) is 0 Å². The van der Waals surface area contributed by atoms with Gasteiger partial charge in [0.25, 0.3) is 15.9 Å². The van der Waals surface area contributed by atoms with Crippen LogP contribution in [0.3, 0.4) is 0 Å². The highest BCUT2D eigenvalue weighted by Crippen LogP contribution is 2.66. The van der Waals surface area contributed by atoms with Crippen LogP contribution in [0, 0.1) is 16.5 Å². The molecule has 2 bridgehead atoms. The zero-order valence-corrected chi connectivity index (χ0v) is 19.7. The van der Waals surface area contributed by atoms with Gasteiger partial charge < -0.3 is 10.5 Å². The van der Waals surface area contributed by atoms with Crippen molar-refractivity contribution in [2.24, 2.45) is 16.5 Å². The molecule has 2 aromatic heterocycles. The van der Waals surface area contributed by atoms with Gasteiger partial charge in [0.1, 0.15) is 11.3 Å². The molecule has 4 aliphatic rings. The summed E-state index contributed by atoms with van der Waals surface area (Å²) in [7, 11) is -4.50. The molecule has 9 nitrogen and oxygen atoms in total. The van der Waals surface area contributed by atoms with Crippen molar-refractivity contribution in [3.8, 4) is 0 Å². The lowest BCUT2D eigenvalue weighted by Crippen LogP contribution is -2.56. The van der Waals surface area contributed by atoms with Gasteiger partial charge in [-0.15, -0.1) is 0 Å². The van der Waals surface area contributed by atoms with Gasteiger partial charge in [0.2, 0.25) is 5.92 Å². The number of hydrogen-bond acceptors (Lipinski definition) is 5. The number of alkyl halides is 5. The Kier molecular flexibility index (Phi) is 5.09. The number of carbonyl (C=O) groups excluding carboxylic acids is 1. The molecular weight excluding hydrogens is 513 g/mol. The number of carbonyl (C=O) groups is 1. The molecule has 2 heterocycles. The number of halogens is 5. The lowest BCUT2D eigenvalue weighted by atomic mass is 9.43. The minimum absolute atomic E-state index is 0.0745. The van der Waals surface area contributed by atoms with Crippen molar-refractivity contribution >= 4 is 21.6 Å². The quantitative estimate of drug-likeness (QED) is 0.333. The summed E-state index contributed by atoms with van der Waals surface area (Å²) in [4.78, 5) is 13.2. The molecule has 0 aromatic carbocycles. The lowest BCUT2D eigenvalue weighted by molar-refractivity contribution is -0.646. The van der Waals surface area contributed by atoms with Gasteiger partial charge in [0.05, 0.1) is 11.4 Å². The van der Waals surface area contributed by atoms with Crippen molar-refractivity contribution in [1.82, 2.24) is 9.78 Å². The van der Waals surface area contributed by atoms with E-state index in [2.05, 4.69) is 10.4 Å². The third kappa shape index (κ3) is 4.01. The van der Waals surface area contributed by atoms with Crippen LogP contribution in [0.25, 0.3) is 0 Å². The summed E-state index contributed by atoms with van der Waals surface area (Å²) < 4.78 is 94.3. The molecule has 1 amide bonds. The van der Waals surface area contributed by atoms with Crippen LogP contribution < -0.4 is 15.2 Å². The van der Waals surface area contributed by atoms with Crippen LogP contribution >= 0.6 is 0 Å². The van der Waals surface area contributed by atoms with Crippen LogP contribution in [-0.4, -0.2) is 30.0 Å². The number of nitrogens with zero attached hydrogens (tertiary/aromatic N) is 3. The first-order valence-electron chi connectivity index (χ1n) is 11.1. The first kappa shape index (κ1) is 24.9. The molecule has 196 valence electrons. The average molecular weight is 535 g/mol. The molecule has 4 fully saturated rings. The molecule has 3 N–H and O–H groups in total. The summed E-state index contributed by atoms with van der Waals surface area (Å²) in [5, 5.41) is 22.2. The van der Waals surface area contributed by atoms with Crippen LogP contribution in [0.4, 0.5) is 27.6 Å². The number of amides is 1. The highest BCUT2D eigenvalue weighted by atomic mass is 32.2. The first-order chi connectivity index (χ1) is 16.4. The van der Waals surface area contributed by atoms with Gasteiger partial charge in [-0.05, 0) is 30.6 Å². The van der Waals surface area contributed by atoms with Gasteiger partial charge in [-0.2, -0.15) is 23.0 Å². The van der Waals surface area contributed by atoms with Gasteiger partial charge in [-0.1, -0.05) is 6.92 Å². The topological polar surface area (TPSA) is 134 Å². The third-order valence-corrected chi connectivity index (χ3v) is 8.21. The molecule has 0 saturated heterocycles. The second-order valence-electron chi connectivity index (χ2n) is 10.6. The van der Waals surface area contributed by atoms with Crippen molar-refractivity contribution in [2.75, 3.05) is 5.32 Å². The molecule has 4 aliphatic carbocycles. The van der Waals surface area contributed by atoms with Gasteiger partial charge in [0, 0.05) is 36.9 Å². The molecule has 36 heavy (non-hydrogen) atoms. The van der Waals surface area contributed by atoms with E-state index < -0.39 is 68.0 Å². The fraction of sp³-hybridized carbons (Fsp3) is 0.571. The maximum Gasteiger partial charge on any atom is 0.420 e. The summed E-state index contributed by atoms with van der Waals surface area (Å²) in [5.41, 5.74) is -4.53. The maximum atomic E-state index is 14.4. The van der Waals surface area contributed by atoms with E-state index in [-0.39, 0.29) is 22.7 Å². The predicted molar refractivity (Wildman–Crippen MR) is 113 cm³/mol. The second-order valence-corrected chi connectivity index (χ2v) is 12.1. The molecule has 15 heteroatoms. The molecule has 0 spiro atoms. The Morgan fingerprint density at radius 3 is 2.39 bits per heavy atom. The van der Waals surface area contributed by atoms with Crippen molar-refractivity contribution < 1.29 is 39.9 Å². The molecule has 0 unspecified atom stereocenters. The second kappa shape index (κ2) is 7.37. The minimum Gasteiger partial charge on any atom is -0.618 e. The molecule has 0 atom stereocenters. The number of pyridine rings is 1. The predicted octanol–water partition coefficient (Wildman–Crippen LogP) is 2.92. The van der Waals surface area contributed by atoms with Crippen molar-refractivity contribution in [1.29, 1.82) is 0 Å². The Hall–Kier alpha value is -2.81. The van der Waals surface area contributed by atoms with Gasteiger partial charge in [-0.25, -0.2) is 22.3 Å². The number of nitrogens with one attached hydrogen (secondary N) is 1. The SMILES string of the molecule is CC1(Cn2nc(C34CC(C3)C4)c(C(F)(F)F)c2C(=O)Nc2cc[n+]([O-])c(S(N)(=O)=O)c2)CC(F)(F)C1. The van der Waals surface area contributed by atoms with Crippen LogP contribution in [0.1, 0.15) is 60.8 Å². The monoisotopic (exact) mass is 535 g/mol. The Labute approximate surface area is 202 Å². The average Bonchev–Trinajstić information content (AvgIpc) is 2.96. The number of rotatable bonds is 6. The standard InChI is InChI=1S/C21H22F5N5O4S/c1-18(8-20(22,23)9-18)10-30-15(14(21(24,25)26)16(29-30)19-5-11(6-19)7-19)17(32)28-12-2-3-31(33)13(4-12)36(27,34)35/h2-4,11H,5-10H2,1H3,(H,28,32)(H2,27,34,35). The summed E-state index contributed by atoms with van der Waals surface area (Å²) in [6.45, 7) is 1.15. The fourth-order valence-corrected chi connectivity index (χ4v) is 6.43. The van der Waals surface area contributed by atoms with Crippen molar-refractivity contribution in [3.63, 3.8) is 0 Å². The van der Waals surface area contributed by atoms with E-state index in [0.29, 0.717) is 31.2 Å². The number of sulfonamides is 1. The normalized spacial score (nSPS) is 25.9. The summed E-state index contributed by atoms with van der Waals surface area (Å²) in [5.74, 6) is -3.92. The van der Waals surface area contributed by atoms with E-state index in [9.17, 15) is 40.4 Å². The fourth-order valence-electron chi connectivity index (χ4n) is 5.83. The maximum absolute atomic E-state index is 14.4. The van der Waals surface area contributed by atoms with Crippen LogP contribution in [0.5, 0.6) is 0 Å². The van der Waals surface area contributed by atoms with Crippen LogP contribution in [0.2, 0.25) is 0 Å². The zero-order valence-electron chi connectivity index (χ0n) is 18.9. The van der Waals surface area contributed by atoms with E-state index in [1.165, 1.54) is 6.92 Å². The van der Waals surface area contributed by atoms with Crippen LogP contribution in [-0.2, 0) is 28.2 Å². The summed E-state index contributed by atoms with van der Waals surface area (Å²) in [6.07, 6.45) is -3.87. The van der Waals surface area contributed by atoms with Gasteiger partial charge >= 0.3 is 11.2 Å². The van der Waals surface area contributed by atoms with Gasteiger partial charge in [0.15, 0.2) is 6.20 Å². The Balaban J connectivity index is 1.58. The molecule has 2 aromatic rings. The summed E-state index contributed by atoms with van der Waals surface area (Å²) >= 11 is 0. The minimum atomic E-state index is -4.97. The Morgan fingerprint density at radius 1 is 1.31 bits per heavy atom. The molecular formula is C21H22F5N5O4S. The van der Waals surface area contributed by atoms with Crippen molar-refractivity contribution in [2.45, 2.75) is 68.1 Å². The van der Waals surface area contributed by atoms with E-state index >= 15 is 0 Å². The molecule has 0 radical (unpaired) electrons. The highest BCUT2D eigenvalue weighted by molar-refractivity contribution is 7.89. The Bertz CT molecular complexity index is 1360. The van der Waals surface area contributed by atoms with E-state index in [4.69, 9.17) is 5.14 Å². The number of aromatic nitrogens is 3. The lowest BCUT2D eigenvalue weighted by Gasteiger charge is -2.61. The largest absolute Gasteiger partial charge is 0.618 e. The van der Waals surface area contributed by atoms with E-state index in [0.717, 1.165) is 16.9 Å². The Morgan fingerprint density at radius 2 is 1.92 bits per heavy atom. The number of primary sulfonamides is 1. The zero-order chi connectivity index (χ0) is 26.5. The highest BCUT2D eigenvalue weighted by Gasteiger charge is 2.62. The molecule has 4 saturated carbocycles. The number of hydrogen-bond donors (Lipinski definition) is 2. The van der Waals surface area contributed by atoms with E-state index in [1.807, 2.05) is 0 Å². The van der Waals surface area contributed by atoms with Crippen molar-refractivity contribution in [3.05, 3.63) is 40.5 Å². The third-order valence-electron chi connectivity index (χ3n) is 7.33. The smallest absolute Gasteiger partial charge is 0.420 e.